The minimum Gasteiger partial charge on any atom is -0.454 e. The molecule has 1 atom stereocenters. The summed E-state index contributed by atoms with van der Waals surface area (Å²) in [5.41, 5.74) is 1.06. The van der Waals surface area contributed by atoms with Gasteiger partial charge >= 0.3 is 5.97 Å². The van der Waals surface area contributed by atoms with Crippen LogP contribution in [-0.4, -0.2) is 40.7 Å². The third-order valence-corrected chi connectivity index (χ3v) is 7.32. The number of nitrogens with zero attached hydrogens (tertiary/aromatic N) is 1. The second-order valence-corrected chi connectivity index (χ2v) is 9.72. The Morgan fingerprint density at radius 3 is 2.46 bits per heavy atom. The molecule has 0 saturated heterocycles. The van der Waals surface area contributed by atoms with Crippen molar-refractivity contribution < 1.29 is 32.2 Å². The van der Waals surface area contributed by atoms with Crippen LogP contribution in [0.2, 0.25) is 0 Å². The van der Waals surface area contributed by atoms with Gasteiger partial charge in [0.1, 0.15) is 4.90 Å². The van der Waals surface area contributed by atoms with Crippen LogP contribution < -0.4 is 19.1 Å². The van der Waals surface area contributed by atoms with E-state index < -0.39 is 28.5 Å². The zero-order chi connectivity index (χ0) is 25.0. The number of hydrogen-bond acceptors (Lipinski definition) is 7. The Hall–Kier alpha value is -4.05. The molecule has 0 aromatic heterocycles. The number of carbonyl (C=O) groups is 2. The van der Waals surface area contributed by atoms with Crippen LogP contribution >= 0.6 is 0 Å². The molecule has 1 amide bonds. The van der Waals surface area contributed by atoms with E-state index in [4.69, 9.17) is 14.2 Å². The molecule has 0 bridgehead atoms. The van der Waals surface area contributed by atoms with E-state index in [0.29, 0.717) is 17.2 Å². The van der Waals surface area contributed by atoms with Crippen molar-refractivity contribution in [3.8, 4) is 11.5 Å². The molecule has 4 rings (SSSR count). The lowest BCUT2D eigenvalue weighted by Crippen LogP contribution is -2.32. The molecular formula is C25H24N2O7S. The quantitative estimate of drug-likeness (QED) is 0.477. The first kappa shape index (κ1) is 24.1. The number of ether oxygens (including phenoxy) is 3. The molecule has 3 aromatic carbocycles. The standard InChI is InChI=1S/C25H24N2O7S/c1-17(18-12-13-21-22(14-18)34-16-33-21)26-24(28)15-32-25(29)20-10-6-7-11-23(20)35(30,31)27(2)19-8-4-3-5-9-19/h3-14,17H,15-16H2,1-2H3,(H,26,28). The van der Waals surface area contributed by atoms with Crippen LogP contribution in [0, 0.1) is 0 Å². The molecule has 182 valence electrons. The van der Waals surface area contributed by atoms with Crippen LogP contribution in [0.15, 0.2) is 77.7 Å². The molecule has 1 unspecified atom stereocenters. The maximum Gasteiger partial charge on any atom is 0.340 e. The number of rotatable bonds is 8. The molecule has 1 aliphatic heterocycles. The number of amides is 1. The molecule has 0 aliphatic carbocycles. The Bertz CT molecular complexity index is 1340. The zero-order valence-electron chi connectivity index (χ0n) is 19.1. The lowest BCUT2D eigenvalue weighted by Gasteiger charge is -2.21. The highest BCUT2D eigenvalue weighted by molar-refractivity contribution is 7.92. The highest BCUT2D eigenvalue weighted by Crippen LogP contribution is 2.34. The second kappa shape index (κ2) is 10.1. The van der Waals surface area contributed by atoms with Crippen LogP contribution in [0.4, 0.5) is 5.69 Å². The number of fused-ring (bicyclic) bond motifs is 1. The molecule has 0 radical (unpaired) electrons. The summed E-state index contributed by atoms with van der Waals surface area (Å²) >= 11 is 0. The smallest absolute Gasteiger partial charge is 0.340 e. The predicted octanol–water partition coefficient (Wildman–Crippen LogP) is 3.27. The van der Waals surface area contributed by atoms with Gasteiger partial charge in [-0.3, -0.25) is 9.10 Å². The van der Waals surface area contributed by atoms with E-state index >= 15 is 0 Å². The fourth-order valence-electron chi connectivity index (χ4n) is 3.54. The van der Waals surface area contributed by atoms with E-state index in [1.807, 2.05) is 0 Å². The number of para-hydroxylation sites is 1. The highest BCUT2D eigenvalue weighted by Gasteiger charge is 2.28. The summed E-state index contributed by atoms with van der Waals surface area (Å²) in [6.45, 7) is 1.35. The Balaban J connectivity index is 1.42. The van der Waals surface area contributed by atoms with Crippen LogP contribution in [0.5, 0.6) is 11.5 Å². The summed E-state index contributed by atoms with van der Waals surface area (Å²) in [6, 6.07) is 19.1. The first-order valence-electron chi connectivity index (χ1n) is 10.8. The molecule has 0 saturated carbocycles. The van der Waals surface area contributed by atoms with Gasteiger partial charge < -0.3 is 19.5 Å². The molecule has 9 nitrogen and oxygen atoms in total. The van der Waals surface area contributed by atoms with Crippen molar-refractivity contribution in [2.24, 2.45) is 0 Å². The van der Waals surface area contributed by atoms with E-state index in [-0.39, 0.29) is 23.3 Å². The normalized spacial score (nSPS) is 13.1. The van der Waals surface area contributed by atoms with Gasteiger partial charge in [-0.25, -0.2) is 13.2 Å². The lowest BCUT2D eigenvalue weighted by atomic mass is 10.1. The summed E-state index contributed by atoms with van der Waals surface area (Å²) < 4.78 is 43.3. The summed E-state index contributed by atoms with van der Waals surface area (Å²) in [7, 11) is -2.66. The minimum absolute atomic E-state index is 0.147. The minimum atomic E-state index is -4.06. The molecule has 1 heterocycles. The second-order valence-electron chi connectivity index (χ2n) is 7.78. The third-order valence-electron chi connectivity index (χ3n) is 5.47. The van der Waals surface area contributed by atoms with E-state index in [9.17, 15) is 18.0 Å². The Morgan fingerprint density at radius 2 is 1.69 bits per heavy atom. The van der Waals surface area contributed by atoms with Crippen molar-refractivity contribution in [1.82, 2.24) is 5.32 Å². The molecule has 1 N–H and O–H groups in total. The van der Waals surface area contributed by atoms with Gasteiger partial charge in [0.2, 0.25) is 6.79 Å². The van der Waals surface area contributed by atoms with Crippen molar-refractivity contribution in [2.75, 3.05) is 24.8 Å². The molecule has 35 heavy (non-hydrogen) atoms. The summed E-state index contributed by atoms with van der Waals surface area (Å²) in [6.07, 6.45) is 0. The van der Waals surface area contributed by atoms with Gasteiger partial charge in [0.05, 0.1) is 17.3 Å². The van der Waals surface area contributed by atoms with Crippen molar-refractivity contribution >= 4 is 27.6 Å². The van der Waals surface area contributed by atoms with Gasteiger partial charge in [-0.1, -0.05) is 36.4 Å². The van der Waals surface area contributed by atoms with Gasteiger partial charge in [0.15, 0.2) is 18.1 Å². The van der Waals surface area contributed by atoms with Crippen molar-refractivity contribution in [2.45, 2.75) is 17.9 Å². The maximum atomic E-state index is 13.2. The average Bonchev–Trinajstić information content (AvgIpc) is 3.35. The van der Waals surface area contributed by atoms with E-state index in [0.717, 1.165) is 9.87 Å². The monoisotopic (exact) mass is 496 g/mol. The fourth-order valence-corrected chi connectivity index (χ4v) is 4.92. The van der Waals surface area contributed by atoms with Crippen molar-refractivity contribution in [3.63, 3.8) is 0 Å². The van der Waals surface area contributed by atoms with Gasteiger partial charge in [-0.15, -0.1) is 0 Å². The van der Waals surface area contributed by atoms with Gasteiger partial charge in [0.25, 0.3) is 15.9 Å². The van der Waals surface area contributed by atoms with Crippen molar-refractivity contribution in [1.29, 1.82) is 0 Å². The largest absolute Gasteiger partial charge is 0.454 e. The van der Waals surface area contributed by atoms with E-state index in [2.05, 4.69) is 5.32 Å². The topological polar surface area (TPSA) is 111 Å². The fraction of sp³-hybridized carbons (Fsp3) is 0.200. The van der Waals surface area contributed by atoms with Gasteiger partial charge in [-0.2, -0.15) is 0 Å². The lowest BCUT2D eigenvalue weighted by molar-refractivity contribution is -0.124. The van der Waals surface area contributed by atoms with Crippen molar-refractivity contribution in [3.05, 3.63) is 83.9 Å². The molecule has 3 aromatic rings. The first-order valence-corrected chi connectivity index (χ1v) is 12.2. The third kappa shape index (κ3) is 5.22. The summed E-state index contributed by atoms with van der Waals surface area (Å²) in [5, 5.41) is 2.74. The molecular weight excluding hydrogens is 472 g/mol. The molecule has 0 fully saturated rings. The SMILES string of the molecule is CC(NC(=O)COC(=O)c1ccccc1S(=O)(=O)N(C)c1ccccc1)c1ccc2c(c1)OCO2. The number of hydrogen-bond donors (Lipinski definition) is 1. The number of carbonyl (C=O) groups excluding carboxylic acids is 2. The zero-order valence-corrected chi connectivity index (χ0v) is 19.9. The molecule has 1 aliphatic rings. The Labute approximate surface area is 203 Å². The average molecular weight is 497 g/mol. The molecule has 10 heteroatoms. The number of benzene rings is 3. The summed E-state index contributed by atoms with van der Waals surface area (Å²) in [5.74, 6) is -0.233. The number of nitrogens with one attached hydrogen (secondary N) is 1. The van der Waals surface area contributed by atoms with Gasteiger partial charge in [-0.05, 0) is 48.9 Å². The number of esters is 1. The van der Waals surface area contributed by atoms with Crippen LogP contribution in [-0.2, 0) is 19.6 Å². The van der Waals surface area contributed by atoms with E-state index in [1.54, 1.807) is 55.5 Å². The van der Waals surface area contributed by atoms with Crippen LogP contribution in [0.3, 0.4) is 0 Å². The predicted molar refractivity (Wildman–Crippen MR) is 128 cm³/mol. The number of anilines is 1. The van der Waals surface area contributed by atoms with Crippen LogP contribution in [0.25, 0.3) is 0 Å². The van der Waals surface area contributed by atoms with E-state index in [1.165, 1.54) is 31.3 Å². The first-order chi connectivity index (χ1) is 16.8. The number of sulfonamides is 1. The van der Waals surface area contributed by atoms with Gasteiger partial charge in [0, 0.05) is 7.05 Å². The summed E-state index contributed by atoms with van der Waals surface area (Å²) in [4.78, 5) is 24.9. The maximum absolute atomic E-state index is 13.2. The highest BCUT2D eigenvalue weighted by atomic mass is 32.2. The van der Waals surface area contributed by atoms with Crippen LogP contribution in [0.1, 0.15) is 28.9 Å². The Morgan fingerprint density at radius 1 is 1.00 bits per heavy atom. The Kier molecular flexibility index (Phi) is 6.92. The molecule has 0 spiro atoms.